The second-order valence-electron chi connectivity index (χ2n) is 5.14. The molecule has 2 aromatic rings. The molecule has 7 nitrogen and oxygen atoms in total. The summed E-state index contributed by atoms with van der Waals surface area (Å²) in [6.45, 7) is 5.79. The van der Waals surface area contributed by atoms with E-state index < -0.39 is 0 Å². The van der Waals surface area contributed by atoms with E-state index in [1.54, 1.807) is 6.33 Å². The first-order valence-electron chi connectivity index (χ1n) is 7.35. The highest BCUT2D eigenvalue weighted by Crippen LogP contribution is 2.22. The van der Waals surface area contributed by atoms with Gasteiger partial charge >= 0.3 is 6.03 Å². The highest BCUT2D eigenvalue weighted by Gasteiger charge is 2.22. The van der Waals surface area contributed by atoms with Gasteiger partial charge in [-0.2, -0.15) is 0 Å². The van der Waals surface area contributed by atoms with Gasteiger partial charge in [0.15, 0.2) is 0 Å². The van der Waals surface area contributed by atoms with E-state index in [9.17, 15) is 4.79 Å². The summed E-state index contributed by atoms with van der Waals surface area (Å²) in [5.41, 5.74) is 0.850. The van der Waals surface area contributed by atoms with Crippen LogP contribution < -0.4 is 10.2 Å². The van der Waals surface area contributed by atoms with Gasteiger partial charge in [-0.25, -0.2) is 14.8 Å². The summed E-state index contributed by atoms with van der Waals surface area (Å²) >= 11 is 0. The summed E-state index contributed by atoms with van der Waals surface area (Å²) in [6, 6.07) is 2.02. The van der Waals surface area contributed by atoms with E-state index in [-0.39, 0.29) is 6.03 Å². The van der Waals surface area contributed by atoms with Crippen molar-refractivity contribution in [1.82, 2.24) is 25.2 Å². The number of hydrogen-bond donors (Lipinski definition) is 2. The average Bonchev–Trinajstić information content (AvgIpc) is 3.01. The molecular formula is C14H20N6O. The van der Waals surface area contributed by atoms with Crippen LogP contribution in [0.25, 0.3) is 11.0 Å². The molecule has 1 aliphatic heterocycles. The number of hydrogen-bond acceptors (Lipinski definition) is 4. The number of piperazine rings is 1. The van der Waals surface area contributed by atoms with Gasteiger partial charge in [-0.15, -0.1) is 0 Å². The Morgan fingerprint density at radius 2 is 2.14 bits per heavy atom. The Bertz CT molecular complexity index is 617. The minimum atomic E-state index is 0.0333. The lowest BCUT2D eigenvalue weighted by Crippen LogP contribution is -2.52. The summed E-state index contributed by atoms with van der Waals surface area (Å²) in [5.74, 6) is 0.940. The summed E-state index contributed by atoms with van der Waals surface area (Å²) in [5, 5.41) is 3.95. The lowest BCUT2D eigenvalue weighted by Gasteiger charge is -2.35. The molecule has 1 aliphatic rings. The largest absolute Gasteiger partial charge is 0.352 e. The number of anilines is 1. The number of amides is 2. The van der Waals surface area contributed by atoms with Crippen molar-refractivity contribution in [3.05, 3.63) is 18.6 Å². The molecular weight excluding hydrogens is 268 g/mol. The van der Waals surface area contributed by atoms with Crippen LogP contribution in [0.5, 0.6) is 0 Å². The van der Waals surface area contributed by atoms with Crippen LogP contribution in [-0.4, -0.2) is 58.6 Å². The minimum absolute atomic E-state index is 0.0333. The van der Waals surface area contributed by atoms with Gasteiger partial charge in [0.25, 0.3) is 0 Å². The molecule has 0 spiro atoms. The molecule has 0 bridgehead atoms. The molecule has 1 fully saturated rings. The predicted octanol–water partition coefficient (Wildman–Crippen LogP) is 1.20. The van der Waals surface area contributed by atoms with Crippen LogP contribution in [0.3, 0.4) is 0 Å². The van der Waals surface area contributed by atoms with E-state index in [2.05, 4.69) is 32.1 Å². The molecule has 0 radical (unpaired) electrons. The van der Waals surface area contributed by atoms with Crippen molar-refractivity contribution in [2.45, 2.75) is 13.3 Å². The molecule has 0 saturated carbocycles. The first-order valence-corrected chi connectivity index (χ1v) is 7.35. The number of carbonyl (C=O) groups excluding carboxylic acids is 1. The maximum absolute atomic E-state index is 11.9. The first-order chi connectivity index (χ1) is 10.3. The van der Waals surface area contributed by atoms with Crippen LogP contribution >= 0.6 is 0 Å². The number of fused-ring (bicyclic) bond motifs is 1. The third kappa shape index (κ3) is 2.76. The fraction of sp³-hybridized carbons (Fsp3) is 0.500. The first kappa shape index (κ1) is 13.7. The van der Waals surface area contributed by atoms with Crippen LogP contribution in [0.15, 0.2) is 18.6 Å². The fourth-order valence-electron chi connectivity index (χ4n) is 2.58. The highest BCUT2D eigenvalue weighted by atomic mass is 16.2. The number of urea groups is 1. The topological polar surface area (TPSA) is 77.2 Å². The number of aromatic amines is 1. The van der Waals surface area contributed by atoms with Gasteiger partial charge in [0.05, 0.1) is 5.39 Å². The Balaban J connectivity index is 1.66. The fourth-order valence-corrected chi connectivity index (χ4v) is 2.58. The van der Waals surface area contributed by atoms with E-state index in [0.717, 1.165) is 42.9 Å². The molecule has 3 rings (SSSR count). The van der Waals surface area contributed by atoms with Crippen LogP contribution in [0.4, 0.5) is 10.6 Å². The molecule has 7 heteroatoms. The van der Waals surface area contributed by atoms with Gasteiger partial charge in [0.1, 0.15) is 17.8 Å². The molecule has 0 atom stereocenters. The van der Waals surface area contributed by atoms with Gasteiger partial charge in [-0.3, -0.25) is 0 Å². The molecule has 0 unspecified atom stereocenters. The average molecular weight is 288 g/mol. The molecule has 0 aromatic carbocycles. The van der Waals surface area contributed by atoms with Crippen LogP contribution in [0, 0.1) is 0 Å². The second kappa shape index (κ2) is 5.99. The SMILES string of the molecule is CCCNC(=O)N1CCN(c2ncnc3[nH]ccc23)CC1. The standard InChI is InChI=1S/C14H20N6O/c1-2-4-16-14(21)20-8-6-19(7-9-20)13-11-3-5-15-12(11)17-10-18-13/h3,5,10H,2,4,6-9H2,1H3,(H,16,21)(H,15,17,18). The van der Waals surface area contributed by atoms with E-state index in [1.807, 2.05) is 17.2 Å². The Labute approximate surface area is 123 Å². The van der Waals surface area contributed by atoms with Crippen molar-refractivity contribution >= 4 is 22.9 Å². The van der Waals surface area contributed by atoms with Crippen molar-refractivity contribution in [1.29, 1.82) is 0 Å². The van der Waals surface area contributed by atoms with E-state index in [4.69, 9.17) is 0 Å². The molecule has 2 aromatic heterocycles. The van der Waals surface area contributed by atoms with E-state index >= 15 is 0 Å². The van der Waals surface area contributed by atoms with Gasteiger partial charge in [0.2, 0.25) is 0 Å². The van der Waals surface area contributed by atoms with Crippen LogP contribution in [0.1, 0.15) is 13.3 Å². The van der Waals surface area contributed by atoms with Crippen LogP contribution in [0.2, 0.25) is 0 Å². The number of carbonyl (C=O) groups is 1. The van der Waals surface area contributed by atoms with Crippen molar-refractivity contribution in [2.24, 2.45) is 0 Å². The Kier molecular flexibility index (Phi) is 3.89. The molecule has 0 aliphatic carbocycles. The number of nitrogens with one attached hydrogen (secondary N) is 2. The van der Waals surface area contributed by atoms with Gasteiger partial charge in [-0.1, -0.05) is 6.92 Å². The summed E-state index contributed by atoms with van der Waals surface area (Å²) in [4.78, 5) is 27.7. The third-order valence-electron chi connectivity index (χ3n) is 3.73. The quantitative estimate of drug-likeness (QED) is 0.889. The van der Waals surface area contributed by atoms with Crippen molar-refractivity contribution in [3.63, 3.8) is 0 Å². The highest BCUT2D eigenvalue weighted by molar-refractivity contribution is 5.87. The summed E-state index contributed by atoms with van der Waals surface area (Å²) < 4.78 is 0. The maximum atomic E-state index is 11.9. The third-order valence-corrected chi connectivity index (χ3v) is 3.73. The van der Waals surface area contributed by atoms with E-state index in [1.165, 1.54) is 0 Å². The zero-order valence-corrected chi connectivity index (χ0v) is 12.2. The Morgan fingerprint density at radius 1 is 1.33 bits per heavy atom. The molecule has 2 amide bonds. The van der Waals surface area contributed by atoms with Crippen molar-refractivity contribution in [3.8, 4) is 0 Å². The minimum Gasteiger partial charge on any atom is -0.352 e. The number of H-pyrrole nitrogens is 1. The number of rotatable bonds is 3. The smallest absolute Gasteiger partial charge is 0.317 e. The molecule has 3 heterocycles. The van der Waals surface area contributed by atoms with Gasteiger partial charge in [-0.05, 0) is 12.5 Å². The maximum Gasteiger partial charge on any atom is 0.317 e. The summed E-state index contributed by atoms with van der Waals surface area (Å²) in [7, 11) is 0. The van der Waals surface area contributed by atoms with Crippen molar-refractivity contribution in [2.75, 3.05) is 37.6 Å². The lowest BCUT2D eigenvalue weighted by atomic mass is 10.3. The van der Waals surface area contributed by atoms with Crippen LogP contribution in [-0.2, 0) is 0 Å². The number of aromatic nitrogens is 3. The van der Waals surface area contributed by atoms with Gasteiger partial charge in [0, 0.05) is 38.9 Å². The Morgan fingerprint density at radius 3 is 2.90 bits per heavy atom. The summed E-state index contributed by atoms with van der Waals surface area (Å²) in [6.07, 6.45) is 4.41. The molecule has 2 N–H and O–H groups in total. The van der Waals surface area contributed by atoms with E-state index in [0.29, 0.717) is 13.1 Å². The normalized spacial score (nSPS) is 15.5. The molecule has 1 saturated heterocycles. The van der Waals surface area contributed by atoms with Crippen molar-refractivity contribution < 1.29 is 4.79 Å². The second-order valence-corrected chi connectivity index (χ2v) is 5.14. The molecule has 112 valence electrons. The predicted molar refractivity (Wildman–Crippen MR) is 81.4 cm³/mol. The number of nitrogens with zero attached hydrogens (tertiary/aromatic N) is 4. The molecule has 21 heavy (non-hydrogen) atoms. The Hall–Kier alpha value is -2.31. The lowest BCUT2D eigenvalue weighted by molar-refractivity contribution is 0.194. The zero-order valence-electron chi connectivity index (χ0n) is 12.2. The zero-order chi connectivity index (χ0) is 14.7. The monoisotopic (exact) mass is 288 g/mol. The van der Waals surface area contributed by atoms with Gasteiger partial charge < -0.3 is 20.1 Å².